The lowest BCUT2D eigenvalue weighted by Crippen LogP contribution is -2.41. The van der Waals surface area contributed by atoms with E-state index in [2.05, 4.69) is 5.32 Å². The van der Waals surface area contributed by atoms with E-state index in [1.807, 2.05) is 0 Å². The van der Waals surface area contributed by atoms with Gasteiger partial charge in [0.25, 0.3) is 5.92 Å². The van der Waals surface area contributed by atoms with Crippen LogP contribution in [0, 0.1) is 0 Å². The first kappa shape index (κ1) is 16.8. The molecule has 0 saturated carbocycles. The van der Waals surface area contributed by atoms with E-state index in [4.69, 9.17) is 16.2 Å². The first-order valence-electron chi connectivity index (χ1n) is 6.21. The van der Waals surface area contributed by atoms with Crippen molar-refractivity contribution in [1.82, 2.24) is 5.32 Å². The highest BCUT2D eigenvalue weighted by Gasteiger charge is 2.26. The van der Waals surface area contributed by atoms with E-state index >= 15 is 0 Å². The van der Waals surface area contributed by atoms with E-state index in [0.29, 0.717) is 5.75 Å². The van der Waals surface area contributed by atoms with Crippen LogP contribution in [0.2, 0.25) is 0 Å². The van der Waals surface area contributed by atoms with Gasteiger partial charge in [-0.3, -0.25) is 9.59 Å². The molecule has 0 unspecified atom stereocenters. The Morgan fingerprint density at radius 1 is 1.33 bits per heavy atom. The van der Waals surface area contributed by atoms with Crippen molar-refractivity contribution in [2.75, 3.05) is 19.7 Å². The number of nitrogens with two attached hydrogens (primary N) is 2. The molecule has 0 saturated heterocycles. The molecule has 116 valence electrons. The normalized spacial score (nSPS) is 11.0. The van der Waals surface area contributed by atoms with Gasteiger partial charge in [0, 0.05) is 5.56 Å². The van der Waals surface area contributed by atoms with Gasteiger partial charge < -0.3 is 21.5 Å². The van der Waals surface area contributed by atoms with E-state index in [1.165, 1.54) is 12.1 Å². The number of nitrogens with one attached hydrogen (secondary N) is 1. The van der Waals surface area contributed by atoms with Gasteiger partial charge in [-0.1, -0.05) is 6.07 Å². The van der Waals surface area contributed by atoms with Gasteiger partial charge in [-0.2, -0.15) is 0 Å². The summed E-state index contributed by atoms with van der Waals surface area (Å²) in [4.78, 5) is 22.3. The third-order valence-electron chi connectivity index (χ3n) is 2.56. The van der Waals surface area contributed by atoms with Gasteiger partial charge in [-0.15, -0.1) is 0 Å². The molecule has 0 atom stereocenters. The summed E-state index contributed by atoms with van der Waals surface area (Å²) in [6.45, 7) is -1.65. The minimum atomic E-state index is -3.12. The molecule has 0 spiro atoms. The van der Waals surface area contributed by atoms with Crippen LogP contribution < -0.4 is 21.5 Å². The number of halogens is 2. The van der Waals surface area contributed by atoms with Crippen molar-refractivity contribution in [2.45, 2.75) is 12.3 Å². The molecule has 1 rings (SSSR count). The Hall–Kier alpha value is -2.22. The van der Waals surface area contributed by atoms with Gasteiger partial charge in [0.2, 0.25) is 11.8 Å². The Kier molecular flexibility index (Phi) is 6.04. The largest absolute Gasteiger partial charge is 0.493 e. The lowest BCUT2D eigenvalue weighted by Gasteiger charge is -2.14. The number of benzene rings is 1. The predicted molar refractivity (Wildman–Crippen MR) is 72.1 cm³/mol. The summed E-state index contributed by atoms with van der Waals surface area (Å²) in [5, 5.41) is 2.07. The van der Waals surface area contributed by atoms with Crippen LogP contribution in [0.3, 0.4) is 0 Å². The van der Waals surface area contributed by atoms with E-state index in [1.54, 1.807) is 12.1 Å². The zero-order valence-corrected chi connectivity index (χ0v) is 11.3. The molecular weight excluding hydrogens is 284 g/mol. The molecule has 0 aliphatic heterocycles. The van der Waals surface area contributed by atoms with Gasteiger partial charge >= 0.3 is 0 Å². The standard InChI is InChI=1S/C13H17F2N3O3/c14-13(15,7-16)8-18-11(19)4-5-21-10-3-1-2-9(6-10)12(17)20/h1-3,6H,4-5,7-8,16H2,(H2,17,20)(H,18,19). The summed E-state index contributed by atoms with van der Waals surface area (Å²) in [5.41, 5.74) is 10.2. The van der Waals surface area contributed by atoms with Crippen molar-refractivity contribution in [2.24, 2.45) is 11.5 Å². The van der Waals surface area contributed by atoms with Gasteiger partial charge in [-0.25, -0.2) is 8.78 Å². The van der Waals surface area contributed by atoms with Gasteiger partial charge in [-0.05, 0) is 18.2 Å². The number of primary amides is 1. The van der Waals surface area contributed by atoms with Crippen LogP contribution >= 0.6 is 0 Å². The SMILES string of the molecule is NCC(F)(F)CNC(=O)CCOc1cccc(C(N)=O)c1. The summed E-state index contributed by atoms with van der Waals surface area (Å²) >= 11 is 0. The monoisotopic (exact) mass is 301 g/mol. The molecule has 1 aromatic rings. The Balaban J connectivity index is 2.35. The Labute approximate surface area is 120 Å². The number of carbonyl (C=O) groups excluding carboxylic acids is 2. The van der Waals surface area contributed by atoms with Crippen molar-refractivity contribution >= 4 is 11.8 Å². The molecule has 1 aromatic carbocycles. The minimum Gasteiger partial charge on any atom is -0.493 e. The number of ether oxygens (including phenoxy) is 1. The predicted octanol–water partition coefficient (Wildman–Crippen LogP) is 0.265. The second kappa shape index (κ2) is 7.53. The molecule has 0 aliphatic rings. The molecule has 8 heteroatoms. The highest BCUT2D eigenvalue weighted by atomic mass is 19.3. The highest BCUT2D eigenvalue weighted by Crippen LogP contribution is 2.13. The van der Waals surface area contributed by atoms with E-state index in [9.17, 15) is 18.4 Å². The number of alkyl halides is 2. The second-order valence-corrected chi connectivity index (χ2v) is 4.33. The summed E-state index contributed by atoms with van der Waals surface area (Å²) in [7, 11) is 0. The molecule has 0 aromatic heterocycles. The molecule has 21 heavy (non-hydrogen) atoms. The summed E-state index contributed by atoms with van der Waals surface area (Å²) in [5.74, 6) is -3.92. The molecular formula is C13H17F2N3O3. The zero-order valence-electron chi connectivity index (χ0n) is 11.3. The van der Waals surface area contributed by atoms with Crippen LogP contribution in [-0.2, 0) is 4.79 Å². The molecule has 0 aliphatic carbocycles. The molecule has 0 bridgehead atoms. The first-order valence-corrected chi connectivity index (χ1v) is 6.21. The lowest BCUT2D eigenvalue weighted by molar-refractivity contribution is -0.123. The van der Waals surface area contributed by atoms with E-state index in [-0.39, 0.29) is 18.6 Å². The number of carbonyl (C=O) groups is 2. The average Bonchev–Trinajstić information content (AvgIpc) is 2.45. The van der Waals surface area contributed by atoms with Crippen molar-refractivity contribution < 1.29 is 23.1 Å². The molecule has 5 N–H and O–H groups in total. The van der Waals surface area contributed by atoms with Crippen LogP contribution in [0.25, 0.3) is 0 Å². The molecule has 0 fully saturated rings. The third kappa shape index (κ3) is 6.17. The minimum absolute atomic E-state index is 0.0117. The third-order valence-corrected chi connectivity index (χ3v) is 2.56. The maximum absolute atomic E-state index is 12.8. The van der Waals surface area contributed by atoms with E-state index in [0.717, 1.165) is 0 Å². The maximum atomic E-state index is 12.8. The summed E-state index contributed by atoms with van der Waals surface area (Å²) in [6.07, 6.45) is -0.0958. The van der Waals surface area contributed by atoms with Gasteiger partial charge in [0.1, 0.15) is 5.75 Å². The van der Waals surface area contributed by atoms with Crippen LogP contribution in [0.1, 0.15) is 16.8 Å². The van der Waals surface area contributed by atoms with Crippen molar-refractivity contribution in [3.63, 3.8) is 0 Å². The Morgan fingerprint density at radius 3 is 2.67 bits per heavy atom. The molecule has 6 nitrogen and oxygen atoms in total. The quantitative estimate of drug-likeness (QED) is 0.640. The van der Waals surface area contributed by atoms with E-state index < -0.39 is 30.8 Å². The summed E-state index contributed by atoms with van der Waals surface area (Å²) in [6, 6.07) is 6.13. The fourth-order valence-corrected chi connectivity index (χ4v) is 1.39. The van der Waals surface area contributed by atoms with Crippen LogP contribution in [0.5, 0.6) is 5.75 Å². The molecule has 2 amide bonds. The Morgan fingerprint density at radius 2 is 2.05 bits per heavy atom. The van der Waals surface area contributed by atoms with Gasteiger partial charge in [0.15, 0.2) is 0 Å². The van der Waals surface area contributed by atoms with Crippen LogP contribution in [0.4, 0.5) is 8.78 Å². The molecule has 0 radical (unpaired) electrons. The molecule has 0 heterocycles. The smallest absolute Gasteiger partial charge is 0.277 e. The van der Waals surface area contributed by atoms with Crippen molar-refractivity contribution in [3.8, 4) is 5.75 Å². The fraction of sp³-hybridized carbons (Fsp3) is 0.385. The topological polar surface area (TPSA) is 107 Å². The zero-order chi connectivity index (χ0) is 15.9. The number of hydrogen-bond acceptors (Lipinski definition) is 4. The maximum Gasteiger partial charge on any atom is 0.277 e. The fourth-order valence-electron chi connectivity index (χ4n) is 1.39. The first-order chi connectivity index (χ1) is 9.84. The number of hydrogen-bond donors (Lipinski definition) is 3. The second-order valence-electron chi connectivity index (χ2n) is 4.33. The van der Waals surface area contributed by atoms with Gasteiger partial charge in [0.05, 0.1) is 26.1 Å². The van der Waals surface area contributed by atoms with Crippen LogP contribution in [-0.4, -0.2) is 37.4 Å². The van der Waals surface area contributed by atoms with Crippen molar-refractivity contribution in [3.05, 3.63) is 29.8 Å². The average molecular weight is 301 g/mol. The Bertz CT molecular complexity index is 509. The number of rotatable bonds is 8. The lowest BCUT2D eigenvalue weighted by atomic mass is 10.2. The van der Waals surface area contributed by atoms with Crippen molar-refractivity contribution in [1.29, 1.82) is 0 Å². The summed E-state index contributed by atoms with van der Waals surface area (Å²) < 4.78 is 30.9. The highest BCUT2D eigenvalue weighted by molar-refractivity contribution is 5.93. The number of amides is 2. The van der Waals surface area contributed by atoms with Crippen LogP contribution in [0.15, 0.2) is 24.3 Å².